The number of rotatable bonds is 7. The first-order valence-electron chi connectivity index (χ1n) is 8.04. The molecule has 0 aliphatic heterocycles. The lowest BCUT2D eigenvalue weighted by Crippen LogP contribution is -2.12. The van der Waals surface area contributed by atoms with Crippen LogP contribution in [0, 0.1) is 0 Å². The molecule has 0 aliphatic rings. The monoisotopic (exact) mass is 422 g/mol. The molecule has 9 heteroatoms. The van der Waals surface area contributed by atoms with E-state index in [1.807, 2.05) is 31.2 Å². The fraction of sp³-hybridized carbons (Fsp3) is 0.167. The second-order valence-electron chi connectivity index (χ2n) is 5.48. The lowest BCUT2D eigenvalue weighted by atomic mass is 10.1. The number of carbonyl (C=O) groups excluding carboxylic acids is 1. The molecule has 0 saturated carbocycles. The Morgan fingerprint density at radius 1 is 1.19 bits per heavy atom. The molecular weight excluding hydrogens is 407 g/mol. The predicted octanol–water partition coefficient (Wildman–Crippen LogP) is 4.34. The van der Waals surface area contributed by atoms with Crippen LogP contribution in [0.5, 0.6) is 5.75 Å². The summed E-state index contributed by atoms with van der Waals surface area (Å²) >= 11 is 13.0. The number of carbonyl (C=O) groups is 1. The minimum Gasteiger partial charge on any atom is -0.494 e. The quantitative estimate of drug-likeness (QED) is 0.346. The highest BCUT2D eigenvalue weighted by Crippen LogP contribution is 2.26. The number of aromatic nitrogens is 3. The maximum absolute atomic E-state index is 12.3. The highest BCUT2D eigenvalue weighted by Gasteiger charge is 2.15. The molecule has 27 heavy (non-hydrogen) atoms. The largest absolute Gasteiger partial charge is 0.494 e. The Morgan fingerprint density at radius 3 is 2.74 bits per heavy atom. The minimum absolute atomic E-state index is 0.110. The maximum Gasteiger partial charge on any atom is 0.210 e. The van der Waals surface area contributed by atoms with E-state index in [-0.39, 0.29) is 11.5 Å². The highest BCUT2D eigenvalue weighted by molar-refractivity contribution is 7.99. The minimum atomic E-state index is -0.110. The fourth-order valence-corrected chi connectivity index (χ4v) is 3.40. The van der Waals surface area contributed by atoms with Gasteiger partial charge in [0.15, 0.2) is 11.6 Å². The van der Waals surface area contributed by atoms with Crippen molar-refractivity contribution >= 4 is 40.7 Å². The number of Topliss-reactive ketones (excluding diaryl/α,β-unsaturated/α-hetero) is 1. The molecule has 3 rings (SSSR count). The van der Waals surface area contributed by atoms with E-state index in [1.165, 1.54) is 16.4 Å². The van der Waals surface area contributed by atoms with Crippen molar-refractivity contribution in [3.63, 3.8) is 0 Å². The number of thioether (sulfide) groups is 1. The zero-order chi connectivity index (χ0) is 19.4. The van der Waals surface area contributed by atoms with Gasteiger partial charge in [0.1, 0.15) is 5.75 Å². The van der Waals surface area contributed by atoms with Crippen molar-refractivity contribution in [2.45, 2.75) is 12.1 Å². The smallest absolute Gasteiger partial charge is 0.210 e. The van der Waals surface area contributed by atoms with Crippen molar-refractivity contribution in [2.24, 2.45) is 0 Å². The van der Waals surface area contributed by atoms with Crippen molar-refractivity contribution in [3.8, 4) is 17.1 Å². The summed E-state index contributed by atoms with van der Waals surface area (Å²) in [5.74, 6) is 7.35. The van der Waals surface area contributed by atoms with Gasteiger partial charge in [-0.05, 0) is 37.3 Å². The molecule has 1 heterocycles. The number of hydrogen-bond donors (Lipinski definition) is 1. The number of ketones is 1. The second kappa shape index (κ2) is 8.65. The zero-order valence-electron chi connectivity index (χ0n) is 14.4. The average Bonchev–Trinajstić information content (AvgIpc) is 3.03. The van der Waals surface area contributed by atoms with Gasteiger partial charge >= 0.3 is 0 Å². The van der Waals surface area contributed by atoms with Gasteiger partial charge in [-0.3, -0.25) is 4.79 Å². The summed E-state index contributed by atoms with van der Waals surface area (Å²) in [6.07, 6.45) is 0. The fourth-order valence-electron chi connectivity index (χ4n) is 2.35. The van der Waals surface area contributed by atoms with Gasteiger partial charge < -0.3 is 10.6 Å². The van der Waals surface area contributed by atoms with Gasteiger partial charge in [-0.1, -0.05) is 47.1 Å². The van der Waals surface area contributed by atoms with E-state index in [0.717, 1.165) is 11.3 Å². The first-order chi connectivity index (χ1) is 13.0. The Morgan fingerprint density at radius 2 is 2.00 bits per heavy atom. The SMILES string of the molecule is CCOc1cccc(-c2nnc(SCC(=O)c3ccc(Cl)c(Cl)c3)n2N)c1. The number of nitrogens with zero attached hydrogens (tertiary/aromatic N) is 3. The normalized spacial score (nSPS) is 10.8. The Bertz CT molecular complexity index is 978. The van der Waals surface area contributed by atoms with Gasteiger partial charge in [-0.25, -0.2) is 4.68 Å². The van der Waals surface area contributed by atoms with Crippen LogP contribution in [-0.2, 0) is 0 Å². The summed E-state index contributed by atoms with van der Waals surface area (Å²) in [4.78, 5) is 12.3. The molecule has 2 N–H and O–H groups in total. The first-order valence-corrected chi connectivity index (χ1v) is 9.78. The van der Waals surface area contributed by atoms with Gasteiger partial charge in [0.2, 0.25) is 5.16 Å². The molecule has 0 radical (unpaired) electrons. The van der Waals surface area contributed by atoms with E-state index < -0.39 is 0 Å². The molecule has 0 fully saturated rings. The van der Waals surface area contributed by atoms with E-state index in [0.29, 0.717) is 33.2 Å². The lowest BCUT2D eigenvalue weighted by molar-refractivity contribution is 0.102. The number of nitrogen functional groups attached to an aromatic ring is 1. The molecule has 1 aromatic heterocycles. The third-order valence-corrected chi connectivity index (χ3v) is 5.32. The van der Waals surface area contributed by atoms with E-state index in [4.69, 9.17) is 33.8 Å². The molecule has 0 saturated heterocycles. The molecule has 6 nitrogen and oxygen atoms in total. The molecule has 0 bridgehead atoms. The molecule has 2 aromatic carbocycles. The molecule has 0 aliphatic carbocycles. The van der Waals surface area contributed by atoms with Crippen molar-refractivity contribution in [1.29, 1.82) is 0 Å². The standard InChI is InChI=1S/C18H16Cl2N4O2S/c1-2-26-13-5-3-4-12(8-13)17-22-23-18(24(17)21)27-10-16(25)11-6-7-14(19)15(20)9-11/h3-9H,2,10,21H2,1H3. The van der Waals surface area contributed by atoms with Gasteiger partial charge in [0, 0.05) is 11.1 Å². The van der Waals surface area contributed by atoms with Crippen LogP contribution in [-0.4, -0.2) is 33.0 Å². The van der Waals surface area contributed by atoms with Gasteiger partial charge in [0.25, 0.3) is 0 Å². The van der Waals surface area contributed by atoms with Crippen LogP contribution >= 0.6 is 35.0 Å². The number of benzene rings is 2. The van der Waals surface area contributed by atoms with Crippen molar-refractivity contribution in [3.05, 3.63) is 58.1 Å². The predicted molar refractivity (Wildman–Crippen MR) is 108 cm³/mol. The van der Waals surface area contributed by atoms with Crippen LogP contribution in [0.15, 0.2) is 47.6 Å². The molecular formula is C18H16Cl2N4O2S. The number of hydrogen-bond acceptors (Lipinski definition) is 6. The Hall–Kier alpha value is -2.22. The third-order valence-electron chi connectivity index (χ3n) is 3.64. The van der Waals surface area contributed by atoms with Gasteiger partial charge in [-0.2, -0.15) is 0 Å². The van der Waals surface area contributed by atoms with Crippen molar-refractivity contribution in [2.75, 3.05) is 18.2 Å². The summed E-state index contributed by atoms with van der Waals surface area (Å²) in [7, 11) is 0. The molecule has 0 atom stereocenters. The molecule has 0 spiro atoms. The molecule has 3 aromatic rings. The zero-order valence-corrected chi connectivity index (χ0v) is 16.7. The van der Waals surface area contributed by atoms with Crippen LogP contribution in [0.3, 0.4) is 0 Å². The van der Waals surface area contributed by atoms with Crippen molar-refractivity contribution in [1.82, 2.24) is 14.9 Å². The van der Waals surface area contributed by atoms with Crippen LogP contribution < -0.4 is 10.6 Å². The number of halogens is 2. The first kappa shape index (κ1) is 19.5. The van der Waals surface area contributed by atoms with Crippen LogP contribution in [0.1, 0.15) is 17.3 Å². The Balaban J connectivity index is 1.73. The van der Waals surface area contributed by atoms with E-state index in [2.05, 4.69) is 10.2 Å². The van der Waals surface area contributed by atoms with Gasteiger partial charge in [-0.15, -0.1) is 10.2 Å². The van der Waals surface area contributed by atoms with Crippen LogP contribution in [0.2, 0.25) is 10.0 Å². The number of nitrogens with two attached hydrogens (primary N) is 1. The van der Waals surface area contributed by atoms with Crippen molar-refractivity contribution < 1.29 is 9.53 Å². The molecule has 0 amide bonds. The third kappa shape index (κ3) is 4.55. The second-order valence-corrected chi connectivity index (χ2v) is 7.23. The lowest BCUT2D eigenvalue weighted by Gasteiger charge is -2.06. The Kier molecular flexibility index (Phi) is 6.26. The summed E-state index contributed by atoms with van der Waals surface area (Å²) < 4.78 is 6.85. The number of ether oxygens (including phenoxy) is 1. The Labute approximate surface area is 170 Å². The topological polar surface area (TPSA) is 83.0 Å². The highest BCUT2D eigenvalue weighted by atomic mass is 35.5. The molecule has 0 unspecified atom stereocenters. The van der Waals surface area contributed by atoms with Crippen LogP contribution in [0.25, 0.3) is 11.4 Å². The van der Waals surface area contributed by atoms with E-state index in [9.17, 15) is 4.79 Å². The average molecular weight is 423 g/mol. The molecule has 140 valence electrons. The summed E-state index contributed by atoms with van der Waals surface area (Å²) in [5.41, 5.74) is 1.25. The summed E-state index contributed by atoms with van der Waals surface area (Å²) in [6, 6.07) is 12.2. The van der Waals surface area contributed by atoms with Gasteiger partial charge in [0.05, 0.1) is 22.4 Å². The van der Waals surface area contributed by atoms with Crippen LogP contribution in [0.4, 0.5) is 0 Å². The summed E-state index contributed by atoms with van der Waals surface area (Å²) in [5, 5.41) is 9.37. The van der Waals surface area contributed by atoms with E-state index >= 15 is 0 Å². The maximum atomic E-state index is 12.3. The van der Waals surface area contributed by atoms with E-state index in [1.54, 1.807) is 18.2 Å². The summed E-state index contributed by atoms with van der Waals surface area (Å²) in [6.45, 7) is 2.48.